The van der Waals surface area contributed by atoms with Crippen LogP contribution in [0.15, 0.2) is 42.5 Å². The molecular weight excluding hydrogens is 348 g/mol. The molecule has 2 atom stereocenters. The summed E-state index contributed by atoms with van der Waals surface area (Å²) in [5.74, 6) is -1.79. The highest BCUT2D eigenvalue weighted by Crippen LogP contribution is 2.24. The van der Waals surface area contributed by atoms with Crippen molar-refractivity contribution in [1.82, 2.24) is 10.0 Å². The van der Waals surface area contributed by atoms with Crippen LogP contribution in [0.25, 0.3) is 0 Å². The molecule has 9 heteroatoms. The van der Waals surface area contributed by atoms with Crippen molar-refractivity contribution >= 4 is 15.9 Å². The van der Waals surface area contributed by atoms with Crippen LogP contribution in [0.1, 0.15) is 10.4 Å². The van der Waals surface area contributed by atoms with E-state index in [1.54, 1.807) is 42.5 Å². The third-order valence-electron chi connectivity index (χ3n) is 3.63. The Morgan fingerprint density at radius 1 is 1.28 bits per heavy atom. The number of amides is 1. The first-order valence-electron chi connectivity index (χ1n) is 7.65. The van der Waals surface area contributed by atoms with E-state index < -0.39 is 22.1 Å². The molecular formula is C16H22N2O6S. The van der Waals surface area contributed by atoms with Crippen LogP contribution >= 0.6 is 0 Å². The maximum absolute atomic E-state index is 12.1. The predicted octanol–water partition coefficient (Wildman–Crippen LogP) is 0.237. The van der Waals surface area contributed by atoms with E-state index in [0.29, 0.717) is 5.56 Å². The van der Waals surface area contributed by atoms with Crippen molar-refractivity contribution in [1.29, 1.82) is 0 Å². The number of sulfonamides is 1. The van der Waals surface area contributed by atoms with E-state index in [0.717, 1.165) is 0 Å². The topological polar surface area (TPSA) is 103 Å². The van der Waals surface area contributed by atoms with Gasteiger partial charge in [0.05, 0.1) is 12.3 Å². The van der Waals surface area contributed by atoms with Crippen LogP contribution in [0.5, 0.6) is 0 Å². The van der Waals surface area contributed by atoms with Crippen molar-refractivity contribution in [3.8, 4) is 0 Å². The summed E-state index contributed by atoms with van der Waals surface area (Å²) in [6, 6.07) is 8.57. The highest BCUT2D eigenvalue weighted by Gasteiger charge is 2.36. The lowest BCUT2D eigenvalue weighted by atomic mass is 10.2. The van der Waals surface area contributed by atoms with Gasteiger partial charge in [-0.1, -0.05) is 18.2 Å². The Kier molecular flexibility index (Phi) is 6.68. The van der Waals surface area contributed by atoms with E-state index in [4.69, 9.17) is 14.2 Å². The van der Waals surface area contributed by atoms with Crippen LogP contribution in [-0.2, 0) is 24.2 Å². The number of methoxy groups -OCH3 is 2. The van der Waals surface area contributed by atoms with Gasteiger partial charge < -0.3 is 19.5 Å². The number of carbonyl (C=O) groups excluding carboxylic acids is 1. The quantitative estimate of drug-likeness (QED) is 0.604. The third-order valence-corrected chi connectivity index (χ3v) is 4.96. The Morgan fingerprint density at radius 3 is 2.60 bits per heavy atom. The Labute approximate surface area is 147 Å². The van der Waals surface area contributed by atoms with Gasteiger partial charge in [0.2, 0.25) is 15.8 Å². The molecule has 8 nitrogen and oxygen atoms in total. The molecule has 0 fully saturated rings. The number of hydrogen-bond donors (Lipinski definition) is 2. The molecule has 1 aliphatic rings. The Hall–Kier alpha value is -1.78. The molecule has 0 spiro atoms. The van der Waals surface area contributed by atoms with Gasteiger partial charge in [0, 0.05) is 26.3 Å². The van der Waals surface area contributed by atoms with Gasteiger partial charge in [-0.05, 0) is 24.3 Å². The van der Waals surface area contributed by atoms with Crippen molar-refractivity contribution < 1.29 is 27.4 Å². The molecule has 25 heavy (non-hydrogen) atoms. The van der Waals surface area contributed by atoms with Crippen LogP contribution in [0.4, 0.5) is 0 Å². The van der Waals surface area contributed by atoms with Crippen LogP contribution in [-0.4, -0.2) is 59.5 Å². The first kappa shape index (κ1) is 19.5. The summed E-state index contributed by atoms with van der Waals surface area (Å²) in [6.07, 6.45) is 2.65. The van der Waals surface area contributed by atoms with Crippen LogP contribution in [0, 0.1) is 0 Å². The van der Waals surface area contributed by atoms with Gasteiger partial charge in [-0.2, -0.15) is 0 Å². The molecule has 1 heterocycles. The van der Waals surface area contributed by atoms with E-state index in [9.17, 15) is 13.2 Å². The minimum absolute atomic E-state index is 0.0135. The van der Waals surface area contributed by atoms with Gasteiger partial charge in [-0.3, -0.25) is 4.79 Å². The van der Waals surface area contributed by atoms with Crippen molar-refractivity contribution in [2.75, 3.05) is 33.1 Å². The van der Waals surface area contributed by atoms with Crippen LogP contribution in [0.2, 0.25) is 0 Å². The zero-order chi connectivity index (χ0) is 18.3. The molecule has 138 valence electrons. The summed E-state index contributed by atoms with van der Waals surface area (Å²) in [4.78, 5) is 11.9. The molecule has 2 N–H and O–H groups in total. The average Bonchev–Trinajstić information content (AvgIpc) is 3.05. The second kappa shape index (κ2) is 8.54. The van der Waals surface area contributed by atoms with Gasteiger partial charge in [-0.15, -0.1) is 0 Å². The van der Waals surface area contributed by atoms with Gasteiger partial charge in [0.15, 0.2) is 6.29 Å². The zero-order valence-electron chi connectivity index (χ0n) is 14.1. The summed E-state index contributed by atoms with van der Waals surface area (Å²) in [6.45, 7) is -0.116. The fraction of sp³-hybridized carbons (Fsp3) is 0.438. The number of benzene rings is 1. The first-order chi connectivity index (χ1) is 11.9. The van der Waals surface area contributed by atoms with Gasteiger partial charge >= 0.3 is 0 Å². The standard InChI is InChI=1S/C16H22N2O6S/c1-22-14-8-9-16(23-2,24-14)12-18-25(20,21)11-10-17-15(19)13-6-4-3-5-7-13/h3-9,14,18H,10-12H2,1-2H3,(H,17,19)/t14-,16+/m0/s1. The maximum Gasteiger partial charge on any atom is 0.251 e. The van der Waals surface area contributed by atoms with E-state index in [2.05, 4.69) is 10.0 Å². The first-order valence-corrected chi connectivity index (χ1v) is 9.31. The van der Waals surface area contributed by atoms with E-state index in [1.165, 1.54) is 14.2 Å². The minimum atomic E-state index is -3.62. The van der Waals surface area contributed by atoms with E-state index in [-0.39, 0.29) is 24.7 Å². The highest BCUT2D eigenvalue weighted by atomic mass is 32.2. The second-order valence-corrected chi connectivity index (χ2v) is 7.29. The van der Waals surface area contributed by atoms with Gasteiger partial charge in [-0.25, -0.2) is 13.1 Å². The molecule has 0 unspecified atom stereocenters. The Morgan fingerprint density at radius 2 is 2.00 bits per heavy atom. The largest absolute Gasteiger partial charge is 0.352 e. The smallest absolute Gasteiger partial charge is 0.251 e. The van der Waals surface area contributed by atoms with Crippen molar-refractivity contribution in [3.05, 3.63) is 48.0 Å². The third kappa shape index (κ3) is 5.62. The van der Waals surface area contributed by atoms with Crippen molar-refractivity contribution in [3.63, 3.8) is 0 Å². The molecule has 1 aromatic carbocycles. The molecule has 2 rings (SSSR count). The number of nitrogens with one attached hydrogen (secondary N) is 2. The zero-order valence-corrected chi connectivity index (χ0v) is 14.9. The summed E-state index contributed by atoms with van der Waals surface area (Å²) in [7, 11) is -0.733. The van der Waals surface area contributed by atoms with Crippen molar-refractivity contribution in [2.24, 2.45) is 0 Å². The minimum Gasteiger partial charge on any atom is -0.352 e. The second-order valence-electron chi connectivity index (χ2n) is 5.36. The maximum atomic E-state index is 12.1. The van der Waals surface area contributed by atoms with Gasteiger partial charge in [0.25, 0.3) is 5.91 Å². The average molecular weight is 370 g/mol. The molecule has 0 saturated heterocycles. The van der Waals surface area contributed by atoms with Crippen molar-refractivity contribution in [2.45, 2.75) is 12.1 Å². The summed E-state index contributed by atoms with van der Waals surface area (Å²) < 4.78 is 42.3. The Bertz CT molecular complexity index is 707. The number of ether oxygens (including phenoxy) is 3. The molecule has 1 amide bonds. The number of hydrogen-bond acceptors (Lipinski definition) is 6. The summed E-state index contributed by atoms with van der Waals surface area (Å²) >= 11 is 0. The normalized spacial score (nSPS) is 22.9. The van der Waals surface area contributed by atoms with E-state index in [1.807, 2.05) is 0 Å². The molecule has 1 aliphatic heterocycles. The lowest BCUT2D eigenvalue weighted by molar-refractivity contribution is -0.237. The highest BCUT2D eigenvalue weighted by molar-refractivity contribution is 7.89. The molecule has 0 aromatic heterocycles. The lowest BCUT2D eigenvalue weighted by Gasteiger charge is -2.27. The summed E-state index contributed by atoms with van der Waals surface area (Å²) in [5.41, 5.74) is 0.473. The lowest BCUT2D eigenvalue weighted by Crippen LogP contribution is -2.46. The molecule has 1 aromatic rings. The van der Waals surface area contributed by atoms with Crippen LogP contribution < -0.4 is 10.0 Å². The van der Waals surface area contributed by atoms with Gasteiger partial charge in [0.1, 0.15) is 0 Å². The fourth-order valence-electron chi connectivity index (χ4n) is 2.19. The molecule has 0 aliphatic carbocycles. The monoisotopic (exact) mass is 370 g/mol. The molecule has 0 radical (unpaired) electrons. The molecule has 0 bridgehead atoms. The van der Waals surface area contributed by atoms with Crippen LogP contribution in [0.3, 0.4) is 0 Å². The van der Waals surface area contributed by atoms with E-state index >= 15 is 0 Å². The molecule has 0 saturated carbocycles. The summed E-state index contributed by atoms with van der Waals surface area (Å²) in [5, 5.41) is 2.57. The Balaban J connectivity index is 1.80. The SMILES string of the molecule is CO[C@@H]1C=C[C@@](CNS(=O)(=O)CCNC(=O)c2ccccc2)(OC)O1. The number of rotatable bonds is 9. The number of carbonyl (C=O) groups is 1. The predicted molar refractivity (Wildman–Crippen MR) is 91.3 cm³/mol. The fourth-order valence-corrected chi connectivity index (χ4v) is 3.13.